The van der Waals surface area contributed by atoms with Crippen molar-refractivity contribution in [3.05, 3.63) is 0 Å². The zero-order valence-electron chi connectivity index (χ0n) is 12.3. The van der Waals surface area contributed by atoms with Crippen molar-refractivity contribution in [3.8, 4) is 0 Å². The summed E-state index contributed by atoms with van der Waals surface area (Å²) in [4.78, 5) is 28.7. The number of amides is 2. The van der Waals surface area contributed by atoms with E-state index in [9.17, 15) is 18.0 Å². The van der Waals surface area contributed by atoms with Crippen LogP contribution in [-0.4, -0.2) is 66.2 Å². The first-order valence-corrected chi connectivity index (χ1v) is 9.56. The molecule has 2 unspecified atom stereocenters. The Morgan fingerprint density at radius 3 is 2.33 bits per heavy atom. The summed E-state index contributed by atoms with van der Waals surface area (Å²) >= 11 is 0. The molecule has 0 saturated carbocycles. The third kappa shape index (κ3) is 2.56. The fourth-order valence-corrected chi connectivity index (χ4v) is 5.29. The second-order valence-corrected chi connectivity index (χ2v) is 8.65. The Morgan fingerprint density at radius 1 is 1.00 bits per heavy atom. The molecule has 0 N–H and O–H groups in total. The highest BCUT2D eigenvalue weighted by molar-refractivity contribution is 7.91. The van der Waals surface area contributed by atoms with E-state index < -0.39 is 15.9 Å². The van der Waals surface area contributed by atoms with Gasteiger partial charge in [-0.25, -0.2) is 8.42 Å². The van der Waals surface area contributed by atoms with Gasteiger partial charge >= 0.3 is 0 Å². The van der Waals surface area contributed by atoms with E-state index in [1.165, 1.54) is 0 Å². The summed E-state index contributed by atoms with van der Waals surface area (Å²) < 4.78 is 23.1. The zero-order chi connectivity index (χ0) is 15.2. The van der Waals surface area contributed by atoms with Crippen LogP contribution in [0, 0.1) is 0 Å². The molecule has 6 nitrogen and oxygen atoms in total. The van der Waals surface area contributed by atoms with Gasteiger partial charge in [0.15, 0.2) is 0 Å². The summed E-state index contributed by atoms with van der Waals surface area (Å²) in [5.74, 6) is 0.284. The number of piperazine rings is 1. The maximum Gasteiger partial charge on any atom is 0.246 e. The molecule has 0 aromatic rings. The summed E-state index contributed by atoms with van der Waals surface area (Å²) in [5, 5.41) is 0. The fourth-order valence-electron chi connectivity index (χ4n) is 3.83. The Bertz CT molecular complexity index is 545. The minimum Gasteiger partial charge on any atom is -0.329 e. The molecular weight excluding hydrogens is 292 g/mol. The number of sulfone groups is 1. The largest absolute Gasteiger partial charge is 0.329 e. The topological polar surface area (TPSA) is 74.8 Å². The van der Waals surface area contributed by atoms with Crippen molar-refractivity contribution in [1.82, 2.24) is 9.80 Å². The molecule has 3 aliphatic heterocycles. The summed E-state index contributed by atoms with van der Waals surface area (Å²) in [7, 11) is -2.96. The molecule has 0 aromatic carbocycles. The van der Waals surface area contributed by atoms with Gasteiger partial charge in [0.1, 0.15) is 21.9 Å². The van der Waals surface area contributed by atoms with Gasteiger partial charge in [0.25, 0.3) is 0 Å². The Kier molecular flexibility index (Phi) is 3.71. The summed E-state index contributed by atoms with van der Waals surface area (Å²) in [5.41, 5.74) is 0. The molecule has 3 aliphatic rings. The zero-order valence-corrected chi connectivity index (χ0v) is 13.1. The Hall–Kier alpha value is -1.11. The van der Waals surface area contributed by atoms with Crippen LogP contribution in [0.15, 0.2) is 0 Å². The van der Waals surface area contributed by atoms with Crippen LogP contribution in [0.4, 0.5) is 0 Å². The van der Waals surface area contributed by atoms with Crippen molar-refractivity contribution < 1.29 is 18.0 Å². The predicted molar refractivity (Wildman–Crippen MR) is 77.3 cm³/mol. The molecule has 2 atom stereocenters. The van der Waals surface area contributed by atoms with Crippen molar-refractivity contribution in [2.24, 2.45) is 0 Å². The van der Waals surface area contributed by atoms with Crippen LogP contribution < -0.4 is 0 Å². The van der Waals surface area contributed by atoms with Crippen LogP contribution in [0.1, 0.15) is 39.0 Å². The van der Waals surface area contributed by atoms with Crippen molar-refractivity contribution in [2.75, 3.05) is 18.1 Å². The van der Waals surface area contributed by atoms with E-state index in [0.29, 0.717) is 19.4 Å². The Labute approximate surface area is 125 Å². The third-order valence-corrected chi connectivity index (χ3v) is 6.73. The molecule has 0 aliphatic carbocycles. The first kappa shape index (κ1) is 14.8. The van der Waals surface area contributed by atoms with Crippen molar-refractivity contribution in [1.29, 1.82) is 0 Å². The van der Waals surface area contributed by atoms with Crippen LogP contribution >= 0.6 is 0 Å². The van der Waals surface area contributed by atoms with Crippen molar-refractivity contribution in [3.63, 3.8) is 0 Å². The van der Waals surface area contributed by atoms with Crippen molar-refractivity contribution >= 4 is 21.7 Å². The van der Waals surface area contributed by atoms with Gasteiger partial charge in [-0.3, -0.25) is 9.59 Å². The van der Waals surface area contributed by atoms with Crippen LogP contribution in [-0.2, 0) is 19.4 Å². The van der Waals surface area contributed by atoms with E-state index in [1.807, 2.05) is 0 Å². The first-order valence-electron chi connectivity index (χ1n) is 7.74. The van der Waals surface area contributed by atoms with E-state index in [4.69, 9.17) is 0 Å². The van der Waals surface area contributed by atoms with Crippen LogP contribution in [0.25, 0.3) is 0 Å². The fraction of sp³-hybridized carbons (Fsp3) is 0.857. The van der Waals surface area contributed by atoms with Crippen LogP contribution in [0.2, 0.25) is 0 Å². The highest BCUT2D eigenvalue weighted by atomic mass is 32.2. The van der Waals surface area contributed by atoms with Gasteiger partial charge < -0.3 is 9.80 Å². The van der Waals surface area contributed by atoms with Crippen molar-refractivity contribution in [2.45, 2.75) is 57.2 Å². The van der Waals surface area contributed by atoms with Gasteiger partial charge in [-0.05, 0) is 39.0 Å². The minimum absolute atomic E-state index is 0.0195. The van der Waals surface area contributed by atoms with Gasteiger partial charge in [-0.1, -0.05) is 0 Å². The first-order chi connectivity index (χ1) is 9.91. The Balaban J connectivity index is 1.81. The minimum atomic E-state index is -2.96. The molecule has 0 bridgehead atoms. The maximum atomic E-state index is 12.8. The van der Waals surface area contributed by atoms with Gasteiger partial charge in [-0.2, -0.15) is 0 Å². The SMILES string of the molecule is CC1C(=O)N2CCCCC2C(=O)N1C1CCS(=O)(=O)CC1. The highest BCUT2D eigenvalue weighted by Gasteiger charge is 2.47. The quantitative estimate of drug-likeness (QED) is 0.692. The molecule has 0 radical (unpaired) electrons. The molecule has 2 amide bonds. The van der Waals surface area contributed by atoms with E-state index in [1.54, 1.807) is 16.7 Å². The average molecular weight is 314 g/mol. The average Bonchev–Trinajstić information content (AvgIpc) is 2.47. The molecule has 3 saturated heterocycles. The lowest BCUT2D eigenvalue weighted by Gasteiger charge is -2.49. The lowest BCUT2D eigenvalue weighted by molar-refractivity contribution is -0.165. The molecule has 0 aromatic heterocycles. The second kappa shape index (κ2) is 5.26. The van der Waals surface area contributed by atoms with Gasteiger partial charge in [0.2, 0.25) is 11.8 Å². The normalized spacial score (nSPS) is 34.0. The third-order valence-electron chi connectivity index (χ3n) is 5.02. The molecule has 3 rings (SSSR count). The van der Waals surface area contributed by atoms with E-state index >= 15 is 0 Å². The molecule has 0 spiro atoms. The number of carbonyl (C=O) groups is 2. The van der Waals surface area contributed by atoms with Gasteiger partial charge in [0.05, 0.1) is 11.5 Å². The monoisotopic (exact) mass is 314 g/mol. The summed E-state index contributed by atoms with van der Waals surface area (Å²) in [6.07, 6.45) is 3.58. The number of hydrogen-bond donors (Lipinski definition) is 0. The number of rotatable bonds is 1. The summed E-state index contributed by atoms with van der Waals surface area (Å²) in [6.45, 7) is 2.45. The molecular formula is C14H22N2O4S. The lowest BCUT2D eigenvalue weighted by Crippen LogP contribution is -2.67. The number of piperidine rings is 1. The molecule has 118 valence electrons. The van der Waals surface area contributed by atoms with Gasteiger partial charge in [0, 0.05) is 12.6 Å². The van der Waals surface area contributed by atoms with Crippen LogP contribution in [0.3, 0.4) is 0 Å². The number of carbonyl (C=O) groups excluding carboxylic acids is 2. The highest BCUT2D eigenvalue weighted by Crippen LogP contribution is 2.30. The standard InChI is InChI=1S/C14H22N2O4S/c1-10-13(17)15-7-3-2-4-12(15)14(18)16(10)11-5-8-21(19,20)9-6-11/h10-12H,2-9H2,1H3. The van der Waals surface area contributed by atoms with E-state index in [0.717, 1.165) is 19.3 Å². The number of hydrogen-bond acceptors (Lipinski definition) is 4. The number of nitrogens with zero attached hydrogens (tertiary/aromatic N) is 2. The number of fused-ring (bicyclic) bond motifs is 1. The van der Waals surface area contributed by atoms with E-state index in [2.05, 4.69) is 0 Å². The molecule has 21 heavy (non-hydrogen) atoms. The van der Waals surface area contributed by atoms with E-state index in [-0.39, 0.29) is 35.4 Å². The maximum absolute atomic E-state index is 12.8. The predicted octanol–water partition coefficient (Wildman–Crippen LogP) is 0.175. The smallest absolute Gasteiger partial charge is 0.246 e. The Morgan fingerprint density at radius 2 is 1.67 bits per heavy atom. The molecule has 3 heterocycles. The summed E-state index contributed by atoms with van der Waals surface area (Å²) in [6, 6.07) is -0.886. The second-order valence-electron chi connectivity index (χ2n) is 6.35. The molecule has 7 heteroatoms. The van der Waals surface area contributed by atoms with Gasteiger partial charge in [-0.15, -0.1) is 0 Å². The lowest BCUT2D eigenvalue weighted by atomic mass is 9.93. The molecule has 3 fully saturated rings. The van der Waals surface area contributed by atoms with Crippen LogP contribution in [0.5, 0.6) is 0 Å².